The number of aromatic amines is 2. The third kappa shape index (κ3) is 11.6. The maximum absolute atomic E-state index is 4.54. The van der Waals surface area contributed by atoms with Gasteiger partial charge in [-0.2, -0.15) is 10.2 Å². The van der Waals surface area contributed by atoms with Crippen molar-refractivity contribution in [2.45, 2.75) is 39.0 Å². The van der Waals surface area contributed by atoms with Crippen molar-refractivity contribution in [3.8, 4) is 0 Å². The molecule has 1 aliphatic heterocycles. The molecule has 3 heterocycles. The fourth-order valence-corrected chi connectivity index (χ4v) is 5.54. The Labute approximate surface area is 262 Å². The standard InChI is InChI=1S/C34H50N10/c1-3-7-29(8-4-1)11-17-43-19-13-35-25-31-23-33(41-39-31)27-37-15-21-44(18-12-30-9-5-2-6-10-30)22-16-38-28-34-24-32(40-42-34)26-36-14-20-43/h1-10,23-24,35-38H,11-22,25-28H2,(H,39,41)(H,40,42). The van der Waals surface area contributed by atoms with Crippen molar-refractivity contribution in [3.63, 3.8) is 0 Å². The Morgan fingerprint density at radius 3 is 1.30 bits per heavy atom. The van der Waals surface area contributed by atoms with Crippen molar-refractivity contribution in [2.75, 3.05) is 65.4 Å². The van der Waals surface area contributed by atoms with Crippen molar-refractivity contribution >= 4 is 0 Å². The summed E-state index contributed by atoms with van der Waals surface area (Å²) in [5.41, 5.74) is 7.14. The average molecular weight is 599 g/mol. The van der Waals surface area contributed by atoms with Crippen LogP contribution in [0.4, 0.5) is 0 Å². The summed E-state index contributed by atoms with van der Waals surface area (Å²) in [5.74, 6) is 0. The first-order valence-corrected chi connectivity index (χ1v) is 16.2. The molecule has 0 aliphatic carbocycles. The van der Waals surface area contributed by atoms with E-state index < -0.39 is 0 Å². The molecule has 4 bridgehead atoms. The number of benzene rings is 2. The monoisotopic (exact) mass is 598 g/mol. The molecule has 10 heteroatoms. The van der Waals surface area contributed by atoms with Gasteiger partial charge in [0.15, 0.2) is 0 Å². The maximum atomic E-state index is 4.54. The zero-order chi connectivity index (χ0) is 30.1. The van der Waals surface area contributed by atoms with Gasteiger partial charge in [0, 0.05) is 103 Å². The molecule has 1 aliphatic rings. The van der Waals surface area contributed by atoms with Gasteiger partial charge in [-0.3, -0.25) is 10.2 Å². The van der Waals surface area contributed by atoms with E-state index in [2.05, 4.69) is 124 Å². The van der Waals surface area contributed by atoms with E-state index >= 15 is 0 Å². The van der Waals surface area contributed by atoms with Crippen LogP contribution in [0.25, 0.3) is 0 Å². The molecule has 0 fully saturated rings. The van der Waals surface area contributed by atoms with E-state index in [1.807, 2.05) is 0 Å². The Morgan fingerprint density at radius 2 is 0.886 bits per heavy atom. The quantitative estimate of drug-likeness (QED) is 0.201. The highest BCUT2D eigenvalue weighted by molar-refractivity contribution is 5.16. The normalized spacial score (nSPS) is 17.6. The van der Waals surface area contributed by atoms with E-state index in [1.54, 1.807) is 0 Å². The number of H-pyrrole nitrogens is 2. The van der Waals surface area contributed by atoms with Gasteiger partial charge >= 0.3 is 0 Å². The van der Waals surface area contributed by atoms with Crippen molar-refractivity contribution in [3.05, 3.63) is 107 Å². The minimum Gasteiger partial charge on any atom is -0.310 e. The minimum atomic E-state index is 0.767. The largest absolute Gasteiger partial charge is 0.310 e. The van der Waals surface area contributed by atoms with Gasteiger partial charge in [0.05, 0.1) is 11.4 Å². The molecule has 2 aromatic heterocycles. The van der Waals surface area contributed by atoms with Crippen molar-refractivity contribution in [2.24, 2.45) is 0 Å². The first kappa shape index (κ1) is 32.0. The molecule has 44 heavy (non-hydrogen) atoms. The van der Waals surface area contributed by atoms with Gasteiger partial charge in [-0.25, -0.2) is 0 Å². The van der Waals surface area contributed by atoms with Crippen LogP contribution in [-0.4, -0.2) is 95.6 Å². The van der Waals surface area contributed by atoms with Crippen LogP contribution >= 0.6 is 0 Å². The number of nitrogens with zero attached hydrogens (tertiary/aromatic N) is 4. The zero-order valence-corrected chi connectivity index (χ0v) is 26.0. The predicted octanol–water partition coefficient (Wildman–Crippen LogP) is 2.29. The molecule has 5 rings (SSSR count). The summed E-state index contributed by atoms with van der Waals surface area (Å²) >= 11 is 0. The molecule has 0 spiro atoms. The second-order valence-electron chi connectivity index (χ2n) is 11.6. The smallest absolute Gasteiger partial charge is 0.0763 e. The molecular weight excluding hydrogens is 548 g/mol. The van der Waals surface area contributed by atoms with Gasteiger partial charge in [0.2, 0.25) is 0 Å². The Balaban J connectivity index is 1.14. The third-order valence-electron chi connectivity index (χ3n) is 8.15. The molecule has 0 radical (unpaired) electrons. The Bertz CT molecular complexity index is 1150. The number of fused-ring (bicyclic) bond motifs is 4. The van der Waals surface area contributed by atoms with Crippen LogP contribution in [0.3, 0.4) is 0 Å². The van der Waals surface area contributed by atoms with Crippen LogP contribution in [0.1, 0.15) is 33.9 Å². The molecule has 0 saturated carbocycles. The van der Waals surface area contributed by atoms with Crippen molar-refractivity contribution in [1.29, 1.82) is 0 Å². The maximum Gasteiger partial charge on any atom is 0.0763 e. The highest BCUT2D eigenvalue weighted by Crippen LogP contribution is 2.05. The predicted molar refractivity (Wildman–Crippen MR) is 177 cm³/mol. The van der Waals surface area contributed by atoms with E-state index in [-0.39, 0.29) is 0 Å². The molecule has 6 N–H and O–H groups in total. The fraction of sp³-hybridized carbons (Fsp3) is 0.471. The van der Waals surface area contributed by atoms with Crippen LogP contribution in [0.5, 0.6) is 0 Å². The van der Waals surface area contributed by atoms with E-state index in [4.69, 9.17) is 0 Å². The molecular formula is C34H50N10. The lowest BCUT2D eigenvalue weighted by Gasteiger charge is -2.23. The fourth-order valence-electron chi connectivity index (χ4n) is 5.54. The number of rotatable bonds is 6. The summed E-state index contributed by atoms with van der Waals surface area (Å²) in [7, 11) is 0. The van der Waals surface area contributed by atoms with Gasteiger partial charge in [-0.15, -0.1) is 0 Å². The zero-order valence-electron chi connectivity index (χ0n) is 26.0. The van der Waals surface area contributed by atoms with E-state index in [1.165, 1.54) is 11.1 Å². The molecule has 0 saturated heterocycles. The van der Waals surface area contributed by atoms with Gasteiger partial charge < -0.3 is 31.1 Å². The van der Waals surface area contributed by atoms with Gasteiger partial charge in [-0.1, -0.05) is 60.7 Å². The molecule has 236 valence electrons. The third-order valence-corrected chi connectivity index (χ3v) is 8.15. The first-order valence-electron chi connectivity index (χ1n) is 16.2. The molecule has 4 aromatic rings. The van der Waals surface area contributed by atoms with Crippen molar-refractivity contribution in [1.82, 2.24) is 51.5 Å². The SMILES string of the molecule is c1ccc(CCN2CCNCc3cc([nH]n3)CNCCN(CCc3ccccc3)CCNCc3cc(n[nH]3)CNCC2)cc1. The summed E-state index contributed by atoms with van der Waals surface area (Å²) in [4.78, 5) is 5.08. The second kappa shape index (κ2) is 18.4. The minimum absolute atomic E-state index is 0.767. The number of hydrogen-bond donors (Lipinski definition) is 6. The summed E-state index contributed by atoms with van der Waals surface area (Å²) in [5, 5.41) is 29.9. The van der Waals surface area contributed by atoms with Crippen LogP contribution < -0.4 is 21.3 Å². The van der Waals surface area contributed by atoms with E-state index in [0.717, 1.165) is 127 Å². The Kier molecular flexibility index (Phi) is 13.4. The lowest BCUT2D eigenvalue weighted by Crippen LogP contribution is -2.38. The molecule has 10 nitrogen and oxygen atoms in total. The molecule has 0 atom stereocenters. The highest BCUT2D eigenvalue weighted by atomic mass is 15.2. The van der Waals surface area contributed by atoms with Gasteiger partial charge in [0.1, 0.15) is 0 Å². The van der Waals surface area contributed by atoms with Crippen LogP contribution in [0.2, 0.25) is 0 Å². The van der Waals surface area contributed by atoms with Crippen LogP contribution in [-0.2, 0) is 39.0 Å². The first-order chi connectivity index (χ1) is 21.8. The van der Waals surface area contributed by atoms with Crippen LogP contribution in [0, 0.1) is 0 Å². The van der Waals surface area contributed by atoms with Crippen molar-refractivity contribution < 1.29 is 0 Å². The molecule has 0 unspecified atom stereocenters. The molecule has 2 aromatic carbocycles. The Morgan fingerprint density at radius 1 is 0.500 bits per heavy atom. The average Bonchev–Trinajstić information content (AvgIpc) is 3.72. The summed E-state index contributed by atoms with van der Waals surface area (Å²) in [6, 6.07) is 25.9. The lowest BCUT2D eigenvalue weighted by molar-refractivity contribution is 0.274. The van der Waals surface area contributed by atoms with Crippen LogP contribution in [0.15, 0.2) is 72.8 Å². The second-order valence-corrected chi connectivity index (χ2v) is 11.6. The van der Waals surface area contributed by atoms with E-state index in [0.29, 0.717) is 0 Å². The topological polar surface area (TPSA) is 112 Å². The summed E-state index contributed by atoms with van der Waals surface area (Å²) in [6.07, 6.45) is 2.11. The lowest BCUT2D eigenvalue weighted by atomic mass is 10.1. The highest BCUT2D eigenvalue weighted by Gasteiger charge is 2.09. The number of hydrogen-bond acceptors (Lipinski definition) is 8. The molecule has 0 amide bonds. The van der Waals surface area contributed by atoms with Gasteiger partial charge in [-0.05, 0) is 36.1 Å². The summed E-state index contributed by atoms with van der Waals surface area (Å²) in [6.45, 7) is 12.9. The summed E-state index contributed by atoms with van der Waals surface area (Å²) < 4.78 is 0. The number of aromatic nitrogens is 4. The van der Waals surface area contributed by atoms with Gasteiger partial charge in [0.25, 0.3) is 0 Å². The number of nitrogens with one attached hydrogen (secondary N) is 6. The van der Waals surface area contributed by atoms with E-state index in [9.17, 15) is 0 Å². The Hall–Kier alpha value is -3.38.